The van der Waals surface area contributed by atoms with Crippen molar-refractivity contribution >= 4 is 17.5 Å². The summed E-state index contributed by atoms with van der Waals surface area (Å²) < 4.78 is 0. The van der Waals surface area contributed by atoms with Gasteiger partial charge in [0.05, 0.1) is 0 Å². The minimum absolute atomic E-state index is 0.0897. The smallest absolute Gasteiger partial charge is 0.251 e. The molecule has 0 unspecified atom stereocenters. The van der Waals surface area contributed by atoms with Crippen molar-refractivity contribution < 1.29 is 9.90 Å². The van der Waals surface area contributed by atoms with E-state index < -0.39 is 0 Å². The number of anilines is 2. The number of hydrogen-bond acceptors (Lipinski definition) is 6. The van der Waals surface area contributed by atoms with Crippen LogP contribution in [0.2, 0.25) is 0 Å². The van der Waals surface area contributed by atoms with Crippen molar-refractivity contribution in [3.8, 4) is 5.75 Å². The second-order valence-corrected chi connectivity index (χ2v) is 6.04. The SMILES string of the molecule is O=C(NCCCNc1cc(N2CCCC2)ncn1)c1cccc(O)c1. The predicted molar refractivity (Wildman–Crippen MR) is 97.0 cm³/mol. The Labute approximate surface area is 147 Å². The van der Waals surface area contributed by atoms with E-state index in [4.69, 9.17) is 0 Å². The van der Waals surface area contributed by atoms with E-state index in [9.17, 15) is 9.90 Å². The van der Waals surface area contributed by atoms with Crippen molar-refractivity contribution in [1.82, 2.24) is 15.3 Å². The zero-order chi connectivity index (χ0) is 17.5. The maximum Gasteiger partial charge on any atom is 0.251 e. The molecular formula is C18H23N5O2. The van der Waals surface area contributed by atoms with Gasteiger partial charge in [-0.05, 0) is 37.5 Å². The lowest BCUT2D eigenvalue weighted by Gasteiger charge is -2.16. The van der Waals surface area contributed by atoms with E-state index in [2.05, 4.69) is 25.5 Å². The molecule has 7 heteroatoms. The highest BCUT2D eigenvalue weighted by atomic mass is 16.3. The Morgan fingerprint density at radius 1 is 1.16 bits per heavy atom. The lowest BCUT2D eigenvalue weighted by Crippen LogP contribution is -2.25. The van der Waals surface area contributed by atoms with Gasteiger partial charge in [-0.3, -0.25) is 4.79 Å². The van der Waals surface area contributed by atoms with E-state index in [1.165, 1.54) is 18.9 Å². The number of hydrogen-bond donors (Lipinski definition) is 3. The maximum absolute atomic E-state index is 12.0. The molecule has 1 aliphatic heterocycles. The fourth-order valence-electron chi connectivity index (χ4n) is 2.82. The highest BCUT2D eigenvalue weighted by Crippen LogP contribution is 2.19. The van der Waals surface area contributed by atoms with Gasteiger partial charge < -0.3 is 20.6 Å². The maximum atomic E-state index is 12.0. The second kappa shape index (κ2) is 8.32. The molecule has 1 amide bonds. The van der Waals surface area contributed by atoms with Crippen molar-refractivity contribution in [3.05, 3.63) is 42.2 Å². The summed E-state index contributed by atoms with van der Waals surface area (Å²) in [4.78, 5) is 22.8. The molecule has 25 heavy (non-hydrogen) atoms. The quantitative estimate of drug-likeness (QED) is 0.668. The largest absolute Gasteiger partial charge is 0.508 e. The number of aromatic hydroxyl groups is 1. The summed E-state index contributed by atoms with van der Waals surface area (Å²) in [5.74, 6) is 1.67. The fourth-order valence-corrected chi connectivity index (χ4v) is 2.82. The van der Waals surface area contributed by atoms with E-state index in [-0.39, 0.29) is 11.7 Å². The summed E-state index contributed by atoms with van der Waals surface area (Å²) in [6.07, 6.45) is 4.78. The van der Waals surface area contributed by atoms with Crippen LogP contribution in [0.1, 0.15) is 29.6 Å². The Balaban J connectivity index is 1.40. The predicted octanol–water partition coefficient (Wildman–Crippen LogP) is 2.01. The number of phenols is 1. The molecule has 0 radical (unpaired) electrons. The summed E-state index contributed by atoms with van der Waals surface area (Å²) in [5, 5.41) is 15.5. The van der Waals surface area contributed by atoms with Crippen molar-refractivity contribution in [2.75, 3.05) is 36.4 Å². The Morgan fingerprint density at radius 2 is 2.00 bits per heavy atom. The van der Waals surface area contributed by atoms with Crippen LogP contribution in [0.25, 0.3) is 0 Å². The molecule has 3 N–H and O–H groups in total. The summed E-state index contributed by atoms with van der Waals surface area (Å²) in [6, 6.07) is 8.29. The number of benzene rings is 1. The first-order chi connectivity index (χ1) is 12.2. The Morgan fingerprint density at radius 3 is 2.80 bits per heavy atom. The molecule has 0 spiro atoms. The highest BCUT2D eigenvalue weighted by Gasteiger charge is 2.13. The molecule has 1 saturated heterocycles. The number of phenolic OH excluding ortho intramolecular Hbond substituents is 1. The third-order valence-corrected chi connectivity index (χ3v) is 4.14. The number of amides is 1. The topological polar surface area (TPSA) is 90.4 Å². The number of carbonyl (C=O) groups excluding carboxylic acids is 1. The van der Waals surface area contributed by atoms with Crippen molar-refractivity contribution in [3.63, 3.8) is 0 Å². The first-order valence-electron chi connectivity index (χ1n) is 8.60. The minimum Gasteiger partial charge on any atom is -0.508 e. The van der Waals surface area contributed by atoms with E-state index >= 15 is 0 Å². The van der Waals surface area contributed by atoms with Gasteiger partial charge in [-0.15, -0.1) is 0 Å². The van der Waals surface area contributed by atoms with Crippen LogP contribution in [0.5, 0.6) is 5.75 Å². The summed E-state index contributed by atoms with van der Waals surface area (Å²) in [6.45, 7) is 3.36. The minimum atomic E-state index is -0.186. The Bertz CT molecular complexity index is 716. The number of nitrogens with zero attached hydrogens (tertiary/aromatic N) is 3. The normalized spacial score (nSPS) is 13.7. The molecule has 0 bridgehead atoms. The van der Waals surface area contributed by atoms with Crippen LogP contribution in [0.4, 0.5) is 11.6 Å². The van der Waals surface area contributed by atoms with E-state index in [1.807, 2.05) is 6.07 Å². The molecule has 2 heterocycles. The average Bonchev–Trinajstić information content (AvgIpc) is 3.16. The molecule has 1 aliphatic rings. The van der Waals surface area contributed by atoms with Crippen LogP contribution in [0.3, 0.4) is 0 Å². The number of carbonyl (C=O) groups is 1. The monoisotopic (exact) mass is 341 g/mol. The van der Waals surface area contributed by atoms with Crippen LogP contribution in [-0.2, 0) is 0 Å². The Hall–Kier alpha value is -2.83. The molecule has 0 atom stereocenters. The van der Waals surface area contributed by atoms with Crippen LogP contribution in [0.15, 0.2) is 36.7 Å². The van der Waals surface area contributed by atoms with Crippen molar-refractivity contribution in [2.24, 2.45) is 0 Å². The number of nitrogens with one attached hydrogen (secondary N) is 2. The van der Waals surface area contributed by atoms with Crippen molar-refractivity contribution in [1.29, 1.82) is 0 Å². The van der Waals surface area contributed by atoms with E-state index in [0.717, 1.165) is 31.1 Å². The molecule has 3 rings (SSSR count). The van der Waals surface area contributed by atoms with E-state index in [1.54, 1.807) is 24.5 Å². The lowest BCUT2D eigenvalue weighted by atomic mass is 10.2. The standard InChI is InChI=1S/C18H23N5O2/c24-15-6-3-5-14(11-15)18(25)20-8-4-7-19-16-12-17(22-13-21-16)23-9-1-2-10-23/h3,5-6,11-13,24H,1-2,4,7-10H2,(H,20,25)(H,19,21,22). The molecule has 1 fully saturated rings. The first-order valence-corrected chi connectivity index (χ1v) is 8.60. The van der Waals surface area contributed by atoms with Gasteiger partial charge in [-0.1, -0.05) is 6.07 Å². The molecule has 132 valence electrons. The zero-order valence-electron chi connectivity index (χ0n) is 14.1. The van der Waals surface area contributed by atoms with Gasteiger partial charge in [0.1, 0.15) is 23.7 Å². The third kappa shape index (κ3) is 4.82. The molecule has 7 nitrogen and oxygen atoms in total. The molecule has 0 saturated carbocycles. The molecule has 1 aromatic carbocycles. The van der Waals surface area contributed by atoms with Gasteiger partial charge in [-0.2, -0.15) is 0 Å². The van der Waals surface area contributed by atoms with Crippen LogP contribution in [-0.4, -0.2) is 47.2 Å². The molecule has 1 aromatic heterocycles. The van der Waals surface area contributed by atoms with E-state index in [0.29, 0.717) is 18.7 Å². The number of aromatic nitrogens is 2. The van der Waals surface area contributed by atoms with Gasteiger partial charge in [0, 0.05) is 37.8 Å². The highest BCUT2D eigenvalue weighted by molar-refractivity contribution is 5.94. The summed E-state index contributed by atoms with van der Waals surface area (Å²) >= 11 is 0. The van der Waals surface area contributed by atoms with Gasteiger partial charge in [0.25, 0.3) is 5.91 Å². The van der Waals surface area contributed by atoms with Gasteiger partial charge in [0.15, 0.2) is 0 Å². The van der Waals surface area contributed by atoms with Gasteiger partial charge in [-0.25, -0.2) is 9.97 Å². The van der Waals surface area contributed by atoms with Crippen LogP contribution >= 0.6 is 0 Å². The number of rotatable bonds is 7. The Kier molecular flexibility index (Phi) is 5.66. The molecule has 2 aromatic rings. The second-order valence-electron chi connectivity index (χ2n) is 6.04. The lowest BCUT2D eigenvalue weighted by molar-refractivity contribution is 0.0953. The average molecular weight is 341 g/mol. The van der Waals surface area contributed by atoms with Crippen molar-refractivity contribution in [2.45, 2.75) is 19.3 Å². The zero-order valence-corrected chi connectivity index (χ0v) is 14.1. The van der Waals surface area contributed by atoms with Crippen LogP contribution in [0, 0.1) is 0 Å². The third-order valence-electron chi connectivity index (χ3n) is 4.14. The summed E-state index contributed by atoms with van der Waals surface area (Å²) in [5.41, 5.74) is 0.457. The fraction of sp³-hybridized carbons (Fsp3) is 0.389. The summed E-state index contributed by atoms with van der Waals surface area (Å²) in [7, 11) is 0. The first kappa shape index (κ1) is 17.0. The van der Waals surface area contributed by atoms with Gasteiger partial charge in [0.2, 0.25) is 0 Å². The molecule has 0 aliphatic carbocycles. The van der Waals surface area contributed by atoms with Crippen LogP contribution < -0.4 is 15.5 Å². The van der Waals surface area contributed by atoms with Gasteiger partial charge >= 0.3 is 0 Å². The molecular weight excluding hydrogens is 318 g/mol.